The fourth-order valence-electron chi connectivity index (χ4n) is 2.52. The number of hydrogen-bond acceptors (Lipinski definition) is 2. The Hall–Kier alpha value is -1.14. The molecule has 0 radical (unpaired) electrons. The molecule has 2 nitrogen and oxygen atoms in total. The maximum atomic E-state index is 13.0. The number of benzene rings is 1. The zero-order valence-corrected chi connectivity index (χ0v) is 11.0. The van der Waals surface area contributed by atoms with Crippen molar-refractivity contribution in [1.29, 1.82) is 0 Å². The van der Waals surface area contributed by atoms with Crippen LogP contribution in [0.3, 0.4) is 0 Å². The van der Waals surface area contributed by atoms with Gasteiger partial charge in [0.2, 0.25) is 0 Å². The number of alkyl halides is 3. The number of rotatable bonds is 3. The summed E-state index contributed by atoms with van der Waals surface area (Å²) in [7, 11) is 0. The van der Waals surface area contributed by atoms with Gasteiger partial charge in [0.25, 0.3) is 0 Å². The van der Waals surface area contributed by atoms with E-state index >= 15 is 0 Å². The minimum absolute atomic E-state index is 0.0985. The van der Waals surface area contributed by atoms with Gasteiger partial charge in [0.1, 0.15) is 5.82 Å². The highest BCUT2D eigenvalue weighted by molar-refractivity contribution is 5.30. The third-order valence-electron chi connectivity index (χ3n) is 3.74. The smallest absolute Gasteiger partial charge is 0.396 e. The van der Waals surface area contributed by atoms with E-state index in [1.165, 1.54) is 6.07 Å². The van der Waals surface area contributed by atoms with Gasteiger partial charge in [-0.1, -0.05) is 6.07 Å². The molecule has 0 aliphatic carbocycles. The van der Waals surface area contributed by atoms with Gasteiger partial charge in [-0.3, -0.25) is 4.90 Å². The van der Waals surface area contributed by atoms with Crippen molar-refractivity contribution < 1.29 is 22.7 Å². The first-order valence-corrected chi connectivity index (χ1v) is 6.59. The first-order valence-electron chi connectivity index (χ1n) is 6.59. The Labute approximate surface area is 115 Å². The van der Waals surface area contributed by atoms with Crippen LogP contribution >= 0.6 is 0 Å². The van der Waals surface area contributed by atoms with Crippen LogP contribution in [-0.2, 0) is 12.7 Å². The van der Waals surface area contributed by atoms with Gasteiger partial charge in [-0.25, -0.2) is 4.39 Å². The van der Waals surface area contributed by atoms with Crippen LogP contribution in [0.25, 0.3) is 0 Å². The molecule has 0 atom stereocenters. The second kappa shape index (κ2) is 6.10. The molecule has 1 aromatic rings. The van der Waals surface area contributed by atoms with Crippen LogP contribution in [0, 0.1) is 11.7 Å². The van der Waals surface area contributed by atoms with Crippen molar-refractivity contribution >= 4 is 0 Å². The second-order valence-corrected chi connectivity index (χ2v) is 5.20. The summed E-state index contributed by atoms with van der Waals surface area (Å²) < 4.78 is 51.7. The van der Waals surface area contributed by atoms with E-state index < -0.39 is 17.6 Å². The molecule has 2 rings (SSSR count). The van der Waals surface area contributed by atoms with Crippen molar-refractivity contribution in [3.8, 4) is 0 Å². The Morgan fingerprint density at radius 3 is 2.40 bits per heavy atom. The SMILES string of the molecule is OCC1CCN(Cc2ccc(F)cc2C(F)(F)F)CC1. The molecule has 1 N–H and O–H groups in total. The Morgan fingerprint density at radius 1 is 1.20 bits per heavy atom. The first kappa shape index (κ1) is 15.3. The van der Waals surface area contributed by atoms with Crippen molar-refractivity contribution in [3.05, 3.63) is 35.1 Å². The van der Waals surface area contributed by atoms with Crippen molar-refractivity contribution in [2.75, 3.05) is 19.7 Å². The average molecular weight is 291 g/mol. The number of hydrogen-bond donors (Lipinski definition) is 1. The van der Waals surface area contributed by atoms with Crippen LogP contribution in [0.5, 0.6) is 0 Å². The number of halogens is 4. The van der Waals surface area contributed by atoms with Crippen molar-refractivity contribution in [2.45, 2.75) is 25.6 Å². The molecule has 1 aliphatic rings. The fraction of sp³-hybridized carbons (Fsp3) is 0.571. The summed E-state index contributed by atoms with van der Waals surface area (Å²) in [6.07, 6.45) is -2.99. The lowest BCUT2D eigenvalue weighted by molar-refractivity contribution is -0.138. The number of aliphatic hydroxyl groups is 1. The number of piperidine rings is 1. The van der Waals surface area contributed by atoms with Crippen LogP contribution in [-0.4, -0.2) is 29.7 Å². The molecule has 1 aromatic carbocycles. The van der Waals surface area contributed by atoms with Gasteiger partial charge in [0.15, 0.2) is 0 Å². The Balaban J connectivity index is 2.10. The van der Waals surface area contributed by atoms with E-state index in [1.807, 2.05) is 4.90 Å². The van der Waals surface area contributed by atoms with Crippen LogP contribution in [0.15, 0.2) is 18.2 Å². The first-order chi connectivity index (χ1) is 9.40. The number of aliphatic hydroxyl groups excluding tert-OH is 1. The Bertz CT molecular complexity index is 453. The molecule has 1 aliphatic heterocycles. The molecule has 6 heteroatoms. The maximum Gasteiger partial charge on any atom is 0.416 e. The molecule has 112 valence electrons. The molecule has 1 heterocycles. The van der Waals surface area contributed by atoms with E-state index in [2.05, 4.69) is 0 Å². The third kappa shape index (κ3) is 3.70. The predicted octanol–water partition coefficient (Wildman–Crippen LogP) is 3.05. The summed E-state index contributed by atoms with van der Waals surface area (Å²) in [5, 5.41) is 9.04. The summed E-state index contributed by atoms with van der Waals surface area (Å²) in [5.41, 5.74) is -0.803. The van der Waals surface area contributed by atoms with E-state index in [4.69, 9.17) is 5.11 Å². The lowest BCUT2D eigenvalue weighted by Crippen LogP contribution is -2.34. The van der Waals surface area contributed by atoms with Gasteiger partial charge < -0.3 is 5.11 Å². The zero-order chi connectivity index (χ0) is 14.8. The molecule has 0 amide bonds. The summed E-state index contributed by atoms with van der Waals surface area (Å²) >= 11 is 0. The largest absolute Gasteiger partial charge is 0.416 e. The molecule has 20 heavy (non-hydrogen) atoms. The third-order valence-corrected chi connectivity index (χ3v) is 3.74. The van der Waals surface area contributed by atoms with Gasteiger partial charge in [-0.05, 0) is 49.5 Å². The molecule has 0 spiro atoms. The highest BCUT2D eigenvalue weighted by Gasteiger charge is 2.34. The Kier molecular flexibility index (Phi) is 4.65. The van der Waals surface area contributed by atoms with E-state index in [0.717, 1.165) is 18.9 Å². The van der Waals surface area contributed by atoms with E-state index in [-0.39, 0.29) is 24.6 Å². The summed E-state index contributed by atoms with van der Waals surface area (Å²) in [4.78, 5) is 1.91. The van der Waals surface area contributed by atoms with E-state index in [0.29, 0.717) is 19.2 Å². The minimum atomic E-state index is -4.54. The van der Waals surface area contributed by atoms with Crippen LogP contribution in [0.2, 0.25) is 0 Å². The van der Waals surface area contributed by atoms with E-state index in [9.17, 15) is 17.6 Å². The molecule has 0 saturated carbocycles. The lowest BCUT2D eigenvalue weighted by Gasteiger charge is -2.31. The zero-order valence-electron chi connectivity index (χ0n) is 11.0. The molecule has 1 saturated heterocycles. The van der Waals surface area contributed by atoms with Gasteiger partial charge in [-0.15, -0.1) is 0 Å². The van der Waals surface area contributed by atoms with Gasteiger partial charge in [-0.2, -0.15) is 13.2 Å². The fourth-order valence-corrected chi connectivity index (χ4v) is 2.52. The summed E-state index contributed by atoms with van der Waals surface area (Å²) in [6, 6.07) is 2.82. The van der Waals surface area contributed by atoms with Crippen LogP contribution in [0.4, 0.5) is 17.6 Å². The minimum Gasteiger partial charge on any atom is -0.396 e. The molecule has 1 fully saturated rings. The Morgan fingerprint density at radius 2 is 1.85 bits per heavy atom. The monoisotopic (exact) mass is 291 g/mol. The molecule has 0 bridgehead atoms. The van der Waals surface area contributed by atoms with Crippen molar-refractivity contribution in [3.63, 3.8) is 0 Å². The topological polar surface area (TPSA) is 23.5 Å². The number of likely N-dealkylation sites (tertiary alicyclic amines) is 1. The van der Waals surface area contributed by atoms with E-state index in [1.54, 1.807) is 0 Å². The standard InChI is InChI=1S/C14H17F4NO/c15-12-2-1-11(13(7-12)14(16,17)18)8-19-5-3-10(9-20)4-6-19/h1-2,7,10,20H,3-6,8-9H2. The maximum absolute atomic E-state index is 13.0. The predicted molar refractivity (Wildman–Crippen MR) is 66.5 cm³/mol. The summed E-state index contributed by atoms with van der Waals surface area (Å²) in [6.45, 7) is 1.59. The van der Waals surface area contributed by atoms with Crippen LogP contribution in [0.1, 0.15) is 24.0 Å². The lowest BCUT2D eigenvalue weighted by atomic mass is 9.97. The molecular weight excluding hydrogens is 274 g/mol. The molecule has 0 unspecified atom stereocenters. The van der Waals surface area contributed by atoms with Gasteiger partial charge >= 0.3 is 6.18 Å². The normalized spacial score (nSPS) is 18.4. The quantitative estimate of drug-likeness (QED) is 0.865. The molecular formula is C14H17F4NO. The van der Waals surface area contributed by atoms with Gasteiger partial charge in [0.05, 0.1) is 5.56 Å². The second-order valence-electron chi connectivity index (χ2n) is 5.20. The van der Waals surface area contributed by atoms with Crippen LogP contribution < -0.4 is 0 Å². The number of nitrogens with zero attached hydrogens (tertiary/aromatic N) is 1. The highest BCUT2D eigenvalue weighted by atomic mass is 19.4. The van der Waals surface area contributed by atoms with Crippen molar-refractivity contribution in [1.82, 2.24) is 4.90 Å². The summed E-state index contributed by atoms with van der Waals surface area (Å²) in [5.74, 6) is -0.637. The average Bonchev–Trinajstić information content (AvgIpc) is 2.40. The molecule has 0 aromatic heterocycles. The van der Waals surface area contributed by atoms with Gasteiger partial charge in [0, 0.05) is 13.2 Å². The van der Waals surface area contributed by atoms with Crippen molar-refractivity contribution in [2.24, 2.45) is 5.92 Å². The highest BCUT2D eigenvalue weighted by Crippen LogP contribution is 2.33.